The minimum absolute atomic E-state index is 0.921. The molecule has 13 aromatic carbocycles. The Morgan fingerprint density at radius 2 is 0.651 bits per heavy atom. The van der Waals surface area contributed by atoms with E-state index in [1.807, 2.05) is 6.07 Å². The summed E-state index contributed by atoms with van der Waals surface area (Å²) in [6.45, 7) is 0. The maximum atomic E-state index is 6.43. The van der Waals surface area contributed by atoms with Gasteiger partial charge < -0.3 is 4.42 Å². The fourth-order valence-corrected chi connectivity index (χ4v) is 10.9. The molecule has 0 N–H and O–H groups in total. The molecule has 1 aromatic heterocycles. The first-order chi connectivity index (χ1) is 31.2. The zero-order valence-corrected chi connectivity index (χ0v) is 34.2. The van der Waals surface area contributed by atoms with Crippen molar-refractivity contribution in [3.8, 4) is 33.4 Å². The van der Waals surface area contributed by atoms with Crippen LogP contribution < -0.4 is 0 Å². The highest BCUT2D eigenvalue weighted by atomic mass is 16.3. The summed E-state index contributed by atoms with van der Waals surface area (Å²) in [7, 11) is 0. The van der Waals surface area contributed by atoms with Crippen LogP contribution in [0.25, 0.3) is 141 Å². The average molecular weight is 797 g/mol. The van der Waals surface area contributed by atoms with Crippen LogP contribution in [0.15, 0.2) is 223 Å². The molecule has 63 heavy (non-hydrogen) atoms. The Morgan fingerprint density at radius 1 is 0.206 bits per heavy atom. The molecule has 0 amide bonds. The van der Waals surface area contributed by atoms with Gasteiger partial charge in [0.05, 0.1) is 0 Å². The first kappa shape index (κ1) is 34.5. The minimum Gasteiger partial charge on any atom is -0.456 e. The highest BCUT2D eigenvalue weighted by Crippen LogP contribution is 2.47. The van der Waals surface area contributed by atoms with E-state index in [1.54, 1.807) is 0 Å². The lowest BCUT2D eigenvalue weighted by Gasteiger charge is -2.19. The molecule has 0 unspecified atom stereocenters. The van der Waals surface area contributed by atoms with Crippen molar-refractivity contribution >= 4 is 108 Å². The monoisotopic (exact) mass is 796 g/mol. The van der Waals surface area contributed by atoms with E-state index in [0.717, 1.165) is 21.9 Å². The van der Waals surface area contributed by atoms with Crippen molar-refractivity contribution in [2.45, 2.75) is 0 Å². The van der Waals surface area contributed by atoms with Gasteiger partial charge in [-0.3, -0.25) is 0 Å². The number of rotatable bonds is 3. The number of benzene rings is 13. The van der Waals surface area contributed by atoms with E-state index in [0.29, 0.717) is 0 Å². The van der Waals surface area contributed by atoms with Crippen molar-refractivity contribution in [3.05, 3.63) is 218 Å². The van der Waals surface area contributed by atoms with E-state index < -0.39 is 0 Å². The lowest BCUT2D eigenvalue weighted by atomic mass is 9.84. The Hall–Kier alpha value is -8.26. The number of furan rings is 1. The van der Waals surface area contributed by atoms with Crippen molar-refractivity contribution in [2.75, 3.05) is 0 Å². The van der Waals surface area contributed by atoms with Gasteiger partial charge in [-0.1, -0.05) is 176 Å². The van der Waals surface area contributed by atoms with Gasteiger partial charge in [-0.05, 0) is 162 Å². The second-order valence-electron chi connectivity index (χ2n) is 17.1. The molecule has 1 nitrogen and oxygen atoms in total. The quantitative estimate of drug-likeness (QED) is 0.128. The van der Waals surface area contributed by atoms with Gasteiger partial charge in [0.1, 0.15) is 11.2 Å². The molecular formula is C62H36O. The molecule has 0 saturated carbocycles. The van der Waals surface area contributed by atoms with E-state index in [9.17, 15) is 0 Å². The Balaban J connectivity index is 0.956. The van der Waals surface area contributed by atoms with Gasteiger partial charge in [-0.15, -0.1) is 0 Å². The molecule has 0 bridgehead atoms. The summed E-state index contributed by atoms with van der Waals surface area (Å²) in [6, 6.07) is 80.8. The number of hydrogen-bond acceptors (Lipinski definition) is 1. The molecule has 0 fully saturated rings. The SMILES string of the molecule is c1ccc2c(c1)cc(-c1ccc3cc(-c4c5ccccc5c(-c5ccc6c(c5)c5ccccc5c5cc7c(cc65)oc5ccccc57)c5ccccc45)ccc3c1)c1ccccc12. The Morgan fingerprint density at radius 3 is 1.32 bits per heavy atom. The summed E-state index contributed by atoms with van der Waals surface area (Å²) in [5, 5.41) is 22.3. The predicted octanol–water partition coefficient (Wildman–Crippen LogP) is 17.8. The average Bonchev–Trinajstić information content (AvgIpc) is 3.72. The number of hydrogen-bond donors (Lipinski definition) is 0. The van der Waals surface area contributed by atoms with Crippen molar-refractivity contribution in [1.82, 2.24) is 0 Å². The normalized spacial score (nSPS) is 12.1. The summed E-state index contributed by atoms with van der Waals surface area (Å²) < 4.78 is 6.43. The minimum atomic E-state index is 0.921. The van der Waals surface area contributed by atoms with Crippen LogP contribution in [-0.4, -0.2) is 0 Å². The van der Waals surface area contributed by atoms with Gasteiger partial charge in [0.25, 0.3) is 0 Å². The molecule has 14 rings (SSSR count). The topological polar surface area (TPSA) is 13.1 Å². The molecular weight excluding hydrogens is 761 g/mol. The molecule has 0 saturated heterocycles. The Kier molecular flexibility index (Phi) is 7.17. The molecule has 0 radical (unpaired) electrons. The summed E-state index contributed by atoms with van der Waals surface area (Å²) in [5.74, 6) is 0. The molecule has 14 aromatic rings. The maximum absolute atomic E-state index is 6.43. The van der Waals surface area contributed by atoms with Crippen LogP contribution in [0, 0.1) is 0 Å². The maximum Gasteiger partial charge on any atom is 0.136 e. The van der Waals surface area contributed by atoms with Crippen LogP contribution >= 0.6 is 0 Å². The fraction of sp³-hybridized carbons (Fsp3) is 0. The third kappa shape index (κ3) is 5.05. The van der Waals surface area contributed by atoms with E-state index in [2.05, 4.69) is 212 Å². The zero-order chi connectivity index (χ0) is 41.2. The van der Waals surface area contributed by atoms with Crippen LogP contribution in [-0.2, 0) is 0 Å². The fourth-order valence-electron chi connectivity index (χ4n) is 10.9. The summed E-state index contributed by atoms with van der Waals surface area (Å²) in [5.41, 5.74) is 9.30. The van der Waals surface area contributed by atoms with Gasteiger partial charge in [0, 0.05) is 10.8 Å². The molecule has 0 aliphatic heterocycles. The lowest BCUT2D eigenvalue weighted by molar-refractivity contribution is 0.669. The van der Waals surface area contributed by atoms with Crippen LogP contribution in [0.5, 0.6) is 0 Å². The van der Waals surface area contributed by atoms with Gasteiger partial charge in [-0.25, -0.2) is 0 Å². The summed E-state index contributed by atoms with van der Waals surface area (Å²) in [4.78, 5) is 0. The van der Waals surface area contributed by atoms with Crippen molar-refractivity contribution < 1.29 is 4.42 Å². The first-order valence-corrected chi connectivity index (χ1v) is 21.8. The standard InChI is InChI=1S/C62H36O/c1-2-14-43-39(13-1)33-54(45-16-4-3-15-44(43)45)40-27-25-38-32-41(28-26-37(38)31-40)61-50-20-7-9-22-52(50)62(53-23-10-8-21-51(53)61)42-29-30-48-55(34-42)46-17-5-6-18-47(46)56-35-58-49-19-11-12-24-59(49)63-60(58)36-57(48)56/h1-36H. The molecule has 0 atom stereocenters. The molecule has 1 heteroatoms. The summed E-state index contributed by atoms with van der Waals surface area (Å²) in [6.07, 6.45) is 0. The second-order valence-corrected chi connectivity index (χ2v) is 17.1. The van der Waals surface area contributed by atoms with Crippen LogP contribution in [0.4, 0.5) is 0 Å². The predicted molar refractivity (Wildman–Crippen MR) is 270 cm³/mol. The van der Waals surface area contributed by atoms with Gasteiger partial charge >= 0.3 is 0 Å². The zero-order valence-electron chi connectivity index (χ0n) is 34.2. The molecule has 0 aliphatic carbocycles. The molecule has 0 spiro atoms. The van der Waals surface area contributed by atoms with E-state index >= 15 is 0 Å². The van der Waals surface area contributed by atoms with Crippen molar-refractivity contribution in [3.63, 3.8) is 0 Å². The van der Waals surface area contributed by atoms with E-state index in [-0.39, 0.29) is 0 Å². The Labute approximate surface area is 362 Å². The number of fused-ring (bicyclic) bond motifs is 15. The smallest absolute Gasteiger partial charge is 0.136 e. The second kappa shape index (κ2) is 13.1. The third-order valence-electron chi connectivity index (χ3n) is 13.8. The Bertz CT molecular complexity index is 4200. The molecule has 0 aliphatic rings. The summed E-state index contributed by atoms with van der Waals surface area (Å²) >= 11 is 0. The van der Waals surface area contributed by atoms with E-state index in [1.165, 1.54) is 120 Å². The third-order valence-corrected chi connectivity index (χ3v) is 13.8. The lowest BCUT2D eigenvalue weighted by Crippen LogP contribution is -1.92. The highest BCUT2D eigenvalue weighted by molar-refractivity contribution is 6.30. The number of para-hydroxylation sites is 1. The van der Waals surface area contributed by atoms with Gasteiger partial charge in [0.2, 0.25) is 0 Å². The van der Waals surface area contributed by atoms with Gasteiger partial charge in [-0.2, -0.15) is 0 Å². The van der Waals surface area contributed by atoms with Crippen LogP contribution in [0.2, 0.25) is 0 Å². The van der Waals surface area contributed by atoms with Crippen molar-refractivity contribution in [1.29, 1.82) is 0 Å². The molecule has 1 heterocycles. The van der Waals surface area contributed by atoms with Crippen LogP contribution in [0.1, 0.15) is 0 Å². The first-order valence-electron chi connectivity index (χ1n) is 21.8. The van der Waals surface area contributed by atoms with Crippen molar-refractivity contribution in [2.24, 2.45) is 0 Å². The van der Waals surface area contributed by atoms with Gasteiger partial charge in [0.15, 0.2) is 0 Å². The molecule has 290 valence electrons. The van der Waals surface area contributed by atoms with E-state index in [4.69, 9.17) is 4.42 Å². The van der Waals surface area contributed by atoms with Crippen LogP contribution in [0.3, 0.4) is 0 Å². The largest absolute Gasteiger partial charge is 0.456 e. The highest BCUT2D eigenvalue weighted by Gasteiger charge is 2.19.